The number of carbonyl (C=O) groups is 2. The molecule has 7 heteroatoms. The van der Waals surface area contributed by atoms with Crippen LogP contribution in [0.15, 0.2) is 16.6 Å². The van der Waals surface area contributed by atoms with Gasteiger partial charge in [-0.25, -0.2) is 0 Å². The molecule has 0 aliphatic carbocycles. The van der Waals surface area contributed by atoms with Gasteiger partial charge in [-0.05, 0) is 25.0 Å². The van der Waals surface area contributed by atoms with Gasteiger partial charge in [0.05, 0.1) is 21.1 Å². The first kappa shape index (κ1) is 18.3. The molecule has 0 aliphatic rings. The Bertz CT molecular complexity index is 536. The molecule has 0 aliphatic heterocycles. The summed E-state index contributed by atoms with van der Waals surface area (Å²) < 4.78 is 0.692. The van der Waals surface area contributed by atoms with Crippen molar-refractivity contribution < 1.29 is 14.7 Å². The second-order valence-electron chi connectivity index (χ2n) is 4.76. The van der Waals surface area contributed by atoms with Gasteiger partial charge in [0.1, 0.15) is 0 Å². The zero-order valence-electron chi connectivity index (χ0n) is 11.7. The highest BCUT2D eigenvalue weighted by atomic mass is 79.9. The monoisotopic (exact) mass is 395 g/mol. The van der Waals surface area contributed by atoms with E-state index in [2.05, 4.69) is 21.2 Å². The van der Waals surface area contributed by atoms with E-state index >= 15 is 0 Å². The largest absolute Gasteiger partial charge is 0.481 e. The van der Waals surface area contributed by atoms with Gasteiger partial charge in [-0.2, -0.15) is 0 Å². The lowest BCUT2D eigenvalue weighted by Gasteiger charge is -2.26. The van der Waals surface area contributed by atoms with Crippen LogP contribution in [0.3, 0.4) is 0 Å². The predicted octanol–water partition coefficient (Wildman–Crippen LogP) is 4.98. The molecule has 1 amide bonds. The molecule has 0 heterocycles. The quantitative estimate of drug-likeness (QED) is 0.712. The Morgan fingerprint density at radius 1 is 1.24 bits per heavy atom. The van der Waals surface area contributed by atoms with Crippen LogP contribution < -0.4 is 5.32 Å². The fourth-order valence-electron chi connectivity index (χ4n) is 2.03. The van der Waals surface area contributed by atoms with Crippen molar-refractivity contribution in [2.45, 2.75) is 33.1 Å². The molecule has 1 aromatic rings. The van der Waals surface area contributed by atoms with Crippen LogP contribution in [0, 0.1) is 5.41 Å². The lowest BCUT2D eigenvalue weighted by molar-refractivity contribution is -0.151. The number of anilines is 1. The number of benzene rings is 1. The van der Waals surface area contributed by atoms with E-state index in [0.717, 1.165) is 0 Å². The highest BCUT2D eigenvalue weighted by Gasteiger charge is 2.37. The molecule has 116 valence electrons. The van der Waals surface area contributed by atoms with Crippen LogP contribution in [0.1, 0.15) is 33.1 Å². The van der Waals surface area contributed by atoms with Crippen molar-refractivity contribution in [3.63, 3.8) is 0 Å². The third kappa shape index (κ3) is 4.34. The van der Waals surface area contributed by atoms with Gasteiger partial charge >= 0.3 is 5.97 Å². The first-order chi connectivity index (χ1) is 9.75. The fraction of sp³-hybridized carbons (Fsp3) is 0.429. The van der Waals surface area contributed by atoms with E-state index in [1.165, 1.54) is 0 Å². The summed E-state index contributed by atoms with van der Waals surface area (Å²) >= 11 is 15.3. The second kappa shape index (κ2) is 7.47. The van der Waals surface area contributed by atoms with Crippen molar-refractivity contribution in [1.29, 1.82) is 0 Å². The van der Waals surface area contributed by atoms with Crippen LogP contribution in [-0.2, 0) is 9.59 Å². The maximum atomic E-state index is 12.1. The number of carboxylic acid groups (broad SMARTS) is 1. The molecule has 0 aromatic heterocycles. The average Bonchev–Trinajstić information content (AvgIpc) is 2.40. The normalized spacial score (nSPS) is 11.3. The van der Waals surface area contributed by atoms with Gasteiger partial charge in [-0.3, -0.25) is 9.59 Å². The zero-order chi connectivity index (χ0) is 16.2. The van der Waals surface area contributed by atoms with Crippen molar-refractivity contribution in [2.24, 2.45) is 5.41 Å². The first-order valence-corrected chi connectivity index (χ1v) is 7.98. The highest BCUT2D eigenvalue weighted by Crippen LogP contribution is 2.36. The number of hydrogen-bond acceptors (Lipinski definition) is 2. The number of carboxylic acids is 1. The molecule has 0 atom stereocenters. The summed E-state index contributed by atoms with van der Waals surface area (Å²) in [5.41, 5.74) is -0.781. The summed E-state index contributed by atoms with van der Waals surface area (Å²) in [4.78, 5) is 23.5. The van der Waals surface area contributed by atoms with Gasteiger partial charge < -0.3 is 10.4 Å². The number of nitrogens with one attached hydrogen (secondary N) is 1. The van der Waals surface area contributed by atoms with E-state index in [4.69, 9.17) is 23.2 Å². The SMILES string of the molecule is CCC(CC)(CC(=O)Nc1c(Cl)cc(Br)cc1Cl)C(=O)O. The summed E-state index contributed by atoms with van der Waals surface area (Å²) in [7, 11) is 0. The van der Waals surface area contributed by atoms with Crippen molar-refractivity contribution in [3.8, 4) is 0 Å². The van der Waals surface area contributed by atoms with Gasteiger partial charge in [0.2, 0.25) is 5.91 Å². The molecule has 0 spiro atoms. The number of rotatable bonds is 6. The molecule has 0 unspecified atom stereocenters. The van der Waals surface area contributed by atoms with Gasteiger partial charge in [0, 0.05) is 10.9 Å². The van der Waals surface area contributed by atoms with E-state index in [1.807, 2.05) is 0 Å². The van der Waals surface area contributed by atoms with Gasteiger partial charge in [-0.15, -0.1) is 0 Å². The predicted molar refractivity (Wildman–Crippen MR) is 88.1 cm³/mol. The van der Waals surface area contributed by atoms with Crippen molar-refractivity contribution in [3.05, 3.63) is 26.7 Å². The Kier molecular flexibility index (Phi) is 6.50. The number of amides is 1. The molecule has 0 saturated heterocycles. The molecule has 1 rings (SSSR count). The third-order valence-corrected chi connectivity index (χ3v) is 4.63. The van der Waals surface area contributed by atoms with Crippen LogP contribution in [0.4, 0.5) is 5.69 Å². The van der Waals surface area contributed by atoms with Crippen LogP contribution in [0.2, 0.25) is 10.0 Å². The van der Waals surface area contributed by atoms with E-state index < -0.39 is 17.3 Å². The van der Waals surface area contributed by atoms with Gasteiger partial charge in [0.25, 0.3) is 0 Å². The zero-order valence-corrected chi connectivity index (χ0v) is 14.8. The standard InChI is InChI=1S/C14H16BrCl2NO3/c1-3-14(4-2,13(20)21)7-11(19)18-12-9(16)5-8(15)6-10(12)17/h5-6H,3-4,7H2,1-2H3,(H,18,19)(H,20,21). The summed E-state index contributed by atoms with van der Waals surface area (Å²) in [5.74, 6) is -1.40. The van der Waals surface area contributed by atoms with Gasteiger partial charge in [0.15, 0.2) is 0 Å². The Balaban J connectivity index is 2.95. The molecular formula is C14H16BrCl2NO3. The lowest BCUT2D eigenvalue weighted by atomic mass is 9.79. The first-order valence-electron chi connectivity index (χ1n) is 6.43. The Morgan fingerprint density at radius 2 is 1.71 bits per heavy atom. The minimum absolute atomic E-state index is 0.127. The molecule has 4 nitrogen and oxygen atoms in total. The average molecular weight is 397 g/mol. The maximum Gasteiger partial charge on any atom is 0.310 e. The molecule has 2 N–H and O–H groups in total. The summed E-state index contributed by atoms with van der Waals surface area (Å²) in [6.07, 6.45) is 0.611. The summed E-state index contributed by atoms with van der Waals surface area (Å²) in [5, 5.41) is 12.5. The molecule has 21 heavy (non-hydrogen) atoms. The Labute approximate surface area is 141 Å². The fourth-order valence-corrected chi connectivity index (χ4v) is 3.33. The van der Waals surface area contributed by atoms with Crippen molar-refractivity contribution in [2.75, 3.05) is 5.32 Å². The topological polar surface area (TPSA) is 66.4 Å². The molecule has 0 saturated carbocycles. The van der Waals surface area contributed by atoms with E-state index in [1.54, 1.807) is 26.0 Å². The summed E-state index contributed by atoms with van der Waals surface area (Å²) in [6.45, 7) is 3.51. The van der Waals surface area contributed by atoms with E-state index in [9.17, 15) is 14.7 Å². The number of halogens is 3. The van der Waals surface area contributed by atoms with Crippen LogP contribution in [0.25, 0.3) is 0 Å². The smallest absolute Gasteiger partial charge is 0.310 e. The molecule has 0 bridgehead atoms. The molecule has 0 fully saturated rings. The third-order valence-electron chi connectivity index (χ3n) is 3.58. The Hall–Kier alpha value is -0.780. The Morgan fingerprint density at radius 3 is 2.10 bits per heavy atom. The lowest BCUT2D eigenvalue weighted by Crippen LogP contribution is -2.34. The molecular weight excluding hydrogens is 381 g/mol. The van der Waals surface area contributed by atoms with Crippen molar-refractivity contribution >= 4 is 56.7 Å². The van der Waals surface area contributed by atoms with Crippen LogP contribution in [-0.4, -0.2) is 17.0 Å². The van der Waals surface area contributed by atoms with E-state index in [-0.39, 0.29) is 22.2 Å². The minimum Gasteiger partial charge on any atom is -0.481 e. The molecule has 1 aromatic carbocycles. The molecule has 0 radical (unpaired) electrons. The van der Waals surface area contributed by atoms with Crippen LogP contribution >= 0.6 is 39.1 Å². The number of hydrogen-bond donors (Lipinski definition) is 2. The highest BCUT2D eigenvalue weighted by molar-refractivity contribution is 9.10. The maximum absolute atomic E-state index is 12.1. The van der Waals surface area contributed by atoms with Crippen LogP contribution in [0.5, 0.6) is 0 Å². The van der Waals surface area contributed by atoms with Gasteiger partial charge in [-0.1, -0.05) is 53.0 Å². The summed E-state index contributed by atoms with van der Waals surface area (Å²) in [6, 6.07) is 3.21. The number of aliphatic carboxylic acids is 1. The minimum atomic E-state index is -1.07. The number of carbonyl (C=O) groups excluding carboxylic acids is 1. The second-order valence-corrected chi connectivity index (χ2v) is 6.49. The van der Waals surface area contributed by atoms with E-state index in [0.29, 0.717) is 17.3 Å². The van der Waals surface area contributed by atoms with Crippen molar-refractivity contribution in [1.82, 2.24) is 0 Å².